The maximum absolute atomic E-state index is 13.5. The highest BCUT2D eigenvalue weighted by Gasteiger charge is 2.36. The lowest BCUT2D eigenvalue weighted by molar-refractivity contribution is -0.305. The Labute approximate surface area is 221 Å². The van der Waals surface area contributed by atoms with Gasteiger partial charge in [0.25, 0.3) is 0 Å². The molecule has 2 N–H and O–H groups in total. The van der Waals surface area contributed by atoms with Crippen LogP contribution in [0.25, 0.3) is 10.9 Å². The molecule has 1 aliphatic rings. The van der Waals surface area contributed by atoms with Gasteiger partial charge in [0, 0.05) is 30.6 Å². The fourth-order valence-corrected chi connectivity index (χ4v) is 5.04. The molecule has 0 radical (unpaired) electrons. The van der Waals surface area contributed by atoms with E-state index in [-0.39, 0.29) is 35.8 Å². The third-order valence-corrected chi connectivity index (χ3v) is 7.06. The number of nitrogens with zero attached hydrogens (tertiary/aromatic N) is 2. The number of rotatable bonds is 10. The first-order chi connectivity index (χ1) is 18.2. The maximum atomic E-state index is 13.5. The Morgan fingerprint density at radius 2 is 1.89 bits per heavy atom. The van der Waals surface area contributed by atoms with Gasteiger partial charge in [0.15, 0.2) is 5.69 Å². The second-order valence-electron chi connectivity index (χ2n) is 10.3. The van der Waals surface area contributed by atoms with Crippen LogP contribution in [0.5, 0.6) is 0 Å². The van der Waals surface area contributed by atoms with Crippen LogP contribution in [0.2, 0.25) is 0 Å². The fraction of sp³-hybridized carbons (Fsp3) is 0.500. The Morgan fingerprint density at radius 1 is 1.18 bits per heavy atom. The summed E-state index contributed by atoms with van der Waals surface area (Å²) in [5, 5.41) is 13.4. The standard InChI is InChI=1S/C28H35N3O7/c1-16(2)23(28(35)38-37-19-10-6-5-7-11-19)25(32)29-21(26-30-24(27(33)34)17(3)36-26)14-18-15-31(4)22-13-9-8-12-20(18)22/h8-9,12-13,15-16,19,21,23H,5-7,10-11,14H2,1-4H3,(H,29,32)(H,33,34)/t21-,23+/m1/s1. The van der Waals surface area contributed by atoms with Gasteiger partial charge in [-0.3, -0.25) is 9.68 Å². The smallest absolute Gasteiger partial charge is 0.358 e. The number of aromatic nitrogens is 2. The number of oxazole rings is 1. The highest BCUT2D eigenvalue weighted by Crippen LogP contribution is 2.28. The molecule has 3 aromatic rings. The number of aromatic carboxylic acids is 1. The van der Waals surface area contributed by atoms with Gasteiger partial charge in [-0.1, -0.05) is 51.3 Å². The van der Waals surface area contributed by atoms with Gasteiger partial charge in [-0.25, -0.2) is 14.6 Å². The summed E-state index contributed by atoms with van der Waals surface area (Å²) >= 11 is 0. The molecule has 10 heteroatoms. The average molecular weight is 526 g/mol. The summed E-state index contributed by atoms with van der Waals surface area (Å²) in [4.78, 5) is 52.7. The van der Waals surface area contributed by atoms with E-state index in [1.165, 1.54) is 6.92 Å². The molecule has 1 aliphatic carbocycles. The first kappa shape index (κ1) is 27.4. The van der Waals surface area contributed by atoms with E-state index in [4.69, 9.17) is 14.2 Å². The minimum atomic E-state index is -1.23. The van der Waals surface area contributed by atoms with E-state index in [2.05, 4.69) is 10.3 Å². The zero-order valence-electron chi connectivity index (χ0n) is 22.2. The molecule has 4 rings (SSSR count). The summed E-state index contributed by atoms with van der Waals surface area (Å²) in [7, 11) is 1.92. The predicted molar refractivity (Wildman–Crippen MR) is 138 cm³/mol. The van der Waals surface area contributed by atoms with E-state index >= 15 is 0 Å². The fourth-order valence-electron chi connectivity index (χ4n) is 5.04. The van der Waals surface area contributed by atoms with E-state index < -0.39 is 29.8 Å². The number of carboxylic acids is 1. The molecular formula is C28H35N3O7. The summed E-state index contributed by atoms with van der Waals surface area (Å²) in [5.41, 5.74) is 1.69. The van der Waals surface area contributed by atoms with Crippen molar-refractivity contribution in [3.05, 3.63) is 53.4 Å². The van der Waals surface area contributed by atoms with Gasteiger partial charge < -0.3 is 19.4 Å². The summed E-state index contributed by atoms with van der Waals surface area (Å²) < 4.78 is 7.68. The summed E-state index contributed by atoms with van der Waals surface area (Å²) in [6, 6.07) is 7.00. The molecule has 1 amide bonds. The van der Waals surface area contributed by atoms with Crippen LogP contribution in [0.4, 0.5) is 0 Å². The quantitative estimate of drug-likeness (QED) is 0.222. The zero-order valence-corrected chi connectivity index (χ0v) is 22.2. The number of hydrogen-bond acceptors (Lipinski definition) is 7. The summed E-state index contributed by atoms with van der Waals surface area (Å²) in [6.07, 6.45) is 6.84. The Hall–Kier alpha value is -3.66. The number of benzene rings is 1. The molecule has 1 aromatic carbocycles. The number of aryl methyl sites for hydroxylation is 2. The Kier molecular flexibility index (Phi) is 8.51. The molecule has 0 aliphatic heterocycles. The van der Waals surface area contributed by atoms with Crippen molar-refractivity contribution in [1.82, 2.24) is 14.9 Å². The van der Waals surface area contributed by atoms with E-state index in [0.717, 1.165) is 48.6 Å². The minimum Gasteiger partial charge on any atom is -0.476 e. The number of carboxylic acid groups (broad SMARTS) is 1. The molecule has 2 heterocycles. The lowest BCUT2D eigenvalue weighted by Gasteiger charge is -2.24. The van der Waals surface area contributed by atoms with Gasteiger partial charge in [0.05, 0.1) is 0 Å². The lowest BCUT2D eigenvalue weighted by Crippen LogP contribution is -2.42. The molecule has 10 nitrogen and oxygen atoms in total. The van der Waals surface area contributed by atoms with Crippen molar-refractivity contribution in [2.24, 2.45) is 18.9 Å². The van der Waals surface area contributed by atoms with Gasteiger partial charge in [-0.15, -0.1) is 0 Å². The van der Waals surface area contributed by atoms with Crippen molar-refractivity contribution in [2.75, 3.05) is 0 Å². The van der Waals surface area contributed by atoms with E-state index in [9.17, 15) is 19.5 Å². The summed E-state index contributed by atoms with van der Waals surface area (Å²) in [6.45, 7) is 5.01. The molecule has 0 saturated heterocycles. The Morgan fingerprint density at radius 3 is 2.55 bits per heavy atom. The van der Waals surface area contributed by atoms with Crippen LogP contribution in [0.15, 0.2) is 34.9 Å². The molecule has 0 spiro atoms. The number of carbonyl (C=O) groups is 3. The molecular weight excluding hydrogens is 490 g/mol. The average Bonchev–Trinajstić information content (AvgIpc) is 3.43. The van der Waals surface area contributed by atoms with Gasteiger partial charge in [0.1, 0.15) is 23.8 Å². The van der Waals surface area contributed by atoms with Gasteiger partial charge in [-0.2, -0.15) is 4.89 Å². The highest BCUT2D eigenvalue weighted by atomic mass is 17.2. The largest absolute Gasteiger partial charge is 0.476 e. The number of hydrogen-bond donors (Lipinski definition) is 2. The van der Waals surface area contributed by atoms with Crippen molar-refractivity contribution in [2.45, 2.75) is 71.4 Å². The third kappa shape index (κ3) is 6.07. The van der Waals surface area contributed by atoms with Crippen LogP contribution in [0, 0.1) is 18.8 Å². The zero-order chi connectivity index (χ0) is 27.4. The van der Waals surface area contributed by atoms with Crippen molar-refractivity contribution in [1.29, 1.82) is 0 Å². The number of fused-ring (bicyclic) bond motifs is 1. The van der Waals surface area contributed by atoms with Crippen LogP contribution < -0.4 is 5.32 Å². The van der Waals surface area contributed by atoms with E-state index in [0.29, 0.717) is 0 Å². The van der Waals surface area contributed by atoms with Gasteiger partial charge in [0.2, 0.25) is 11.8 Å². The molecule has 0 bridgehead atoms. The van der Waals surface area contributed by atoms with Crippen LogP contribution in [-0.4, -0.2) is 38.6 Å². The molecule has 204 valence electrons. The molecule has 38 heavy (non-hydrogen) atoms. The molecule has 2 atom stereocenters. The maximum Gasteiger partial charge on any atom is 0.358 e. The predicted octanol–water partition coefficient (Wildman–Crippen LogP) is 4.65. The van der Waals surface area contributed by atoms with Gasteiger partial charge in [-0.05, 0) is 37.3 Å². The van der Waals surface area contributed by atoms with Gasteiger partial charge >= 0.3 is 11.9 Å². The monoisotopic (exact) mass is 525 g/mol. The third-order valence-electron chi connectivity index (χ3n) is 7.06. The second kappa shape index (κ2) is 11.8. The molecule has 0 unspecified atom stereocenters. The second-order valence-corrected chi connectivity index (χ2v) is 10.3. The number of amides is 1. The SMILES string of the molecule is Cc1oc([C@@H](Cc2cn(C)c3ccccc23)NC(=O)[C@@H](C(=O)OOC2CCCCC2)C(C)C)nc1C(=O)O. The lowest BCUT2D eigenvalue weighted by atomic mass is 9.94. The number of nitrogens with one attached hydrogen (secondary N) is 1. The van der Waals surface area contributed by atoms with Crippen LogP contribution in [0.3, 0.4) is 0 Å². The van der Waals surface area contributed by atoms with Crippen molar-refractivity contribution < 1.29 is 33.7 Å². The first-order valence-electron chi connectivity index (χ1n) is 13.1. The molecule has 1 saturated carbocycles. The minimum absolute atomic E-state index is 0.0514. The Bertz CT molecular complexity index is 1300. The summed E-state index contributed by atoms with van der Waals surface area (Å²) in [5.74, 6) is -3.89. The Balaban J connectivity index is 1.58. The normalized spacial score (nSPS) is 15.9. The van der Waals surface area contributed by atoms with Crippen LogP contribution >= 0.6 is 0 Å². The number of carbonyl (C=O) groups excluding carboxylic acids is 2. The van der Waals surface area contributed by atoms with Crippen molar-refractivity contribution in [3.8, 4) is 0 Å². The molecule has 1 fully saturated rings. The highest BCUT2D eigenvalue weighted by molar-refractivity contribution is 5.98. The van der Waals surface area contributed by atoms with Crippen molar-refractivity contribution in [3.63, 3.8) is 0 Å². The first-order valence-corrected chi connectivity index (χ1v) is 13.1. The number of para-hydroxylation sites is 1. The van der Waals surface area contributed by atoms with E-state index in [1.54, 1.807) is 13.8 Å². The topological polar surface area (TPSA) is 133 Å². The van der Waals surface area contributed by atoms with Crippen molar-refractivity contribution >= 4 is 28.7 Å². The van der Waals surface area contributed by atoms with Crippen LogP contribution in [-0.2, 0) is 32.8 Å². The molecule has 2 aromatic heterocycles. The van der Waals surface area contributed by atoms with Crippen LogP contribution in [0.1, 0.15) is 79.7 Å². The van der Waals surface area contributed by atoms with E-state index in [1.807, 2.05) is 42.1 Å².